The summed E-state index contributed by atoms with van der Waals surface area (Å²) < 4.78 is 224. The molecule has 0 aliphatic heterocycles. The number of imidazole rings is 1. The maximum Gasteiger partial charge on any atom is 0.425 e. The number of pyridine rings is 1. The van der Waals surface area contributed by atoms with Gasteiger partial charge in [0.15, 0.2) is 5.65 Å². The van der Waals surface area contributed by atoms with Crippen LogP contribution in [0.3, 0.4) is 0 Å². The number of hydrogen-bond acceptors (Lipinski definition) is 30. The smallest absolute Gasteiger partial charge is 0.425 e. The minimum Gasteiger partial charge on any atom is -0.493 e. The zero-order valence-electron chi connectivity index (χ0n) is 46.2. The van der Waals surface area contributed by atoms with Gasteiger partial charge in [0.1, 0.15) is 50.3 Å². The van der Waals surface area contributed by atoms with E-state index in [-0.39, 0.29) is 125 Å². The molecule has 0 bridgehead atoms. The summed E-state index contributed by atoms with van der Waals surface area (Å²) in [5, 5.41) is 37.6. The second-order valence-electron chi connectivity index (χ2n) is 17.8. The van der Waals surface area contributed by atoms with Gasteiger partial charge in [0.25, 0.3) is 56.5 Å². The number of para-hydroxylation sites is 2. The molecule has 0 saturated carbocycles. The number of primary amides is 1. The Labute approximate surface area is 531 Å². The van der Waals surface area contributed by atoms with Gasteiger partial charge in [0.05, 0.1) is 62.2 Å². The van der Waals surface area contributed by atoms with Gasteiger partial charge in [-0.15, -0.1) is 67.7 Å². The number of fused-ring (bicyclic) bond motifs is 6. The van der Waals surface area contributed by atoms with E-state index in [1.54, 1.807) is 24.3 Å². The number of nitrogens with zero attached hydrogens (tertiary/aromatic N) is 9. The minimum atomic E-state index is -4.90. The lowest BCUT2D eigenvalue weighted by atomic mass is 10.1. The maximum absolute atomic E-state index is 12.8. The molecule has 0 saturated heterocycles. The average Bonchev–Trinajstić information content (AvgIpc) is 1.67. The number of carbonyl (C=O) groups is 1. The first-order valence-electron chi connectivity index (χ1n) is 24.4. The number of hydrogen-bond donors (Lipinski definition) is 7. The van der Waals surface area contributed by atoms with Crippen molar-refractivity contribution in [2.75, 3.05) is 36.7 Å². The lowest BCUT2D eigenvalue weighted by molar-refractivity contribution is 0.100. The Kier molecular flexibility index (Phi) is 25.3. The van der Waals surface area contributed by atoms with Crippen LogP contribution in [0.2, 0.25) is 5.02 Å². The van der Waals surface area contributed by atoms with Gasteiger partial charge in [0.2, 0.25) is 11.0 Å². The van der Waals surface area contributed by atoms with Crippen molar-refractivity contribution >= 4 is 184 Å². The standard InChI is InChI=1S/C45H41ClN10O16S6.CH4O3S.2O3S/c1-3-12-71-34-21-31(52-54-39-23(2)38(42(47)57)43-48-28-8-4-5-9-33(28)56(43)44(39)58)35(72-13-6-15-75(59,60)61)20-30(34)51-53-32-19-27(46)29(22-36(32)73-14-7-16-76(62,63)64)50-55-45-49-40-37(78(68,69)70)17-24-10-11-25(77(65,66)67)18-26(24)41(40)74-45;1-5(2,3)4;2*1-4(2)3/h4-5,8-11,17-22,58H,3,6-7,12-16H2,1-2H3,(H2,47,57)(H,59,60,61)(H,62,63,64)(H,65,66,67)(H,68,69,70);1H3,(H,2,3,4);;. The minimum absolute atomic E-state index is 0.00655. The first-order valence-corrected chi connectivity index (χ1v) is 36.6. The summed E-state index contributed by atoms with van der Waals surface area (Å²) in [6.45, 7) is 3.16. The molecule has 490 valence electrons. The first kappa shape index (κ1) is 74.0. The van der Waals surface area contributed by atoms with Gasteiger partial charge in [0, 0.05) is 22.4 Å². The number of ether oxygens (including phenoxy) is 2. The number of azo groups is 3. The first-order chi connectivity index (χ1) is 42.2. The zero-order valence-corrected chi connectivity index (χ0v) is 54.3. The molecule has 0 aliphatic rings. The highest BCUT2D eigenvalue weighted by Crippen LogP contribution is 2.46. The van der Waals surface area contributed by atoms with Crippen LogP contribution in [-0.4, -0.2) is 152 Å². The SMILES string of the molecule is CCCOc1cc(N=Nc2c(C)c(C(N)=O)c3nc4ccccc4n3c2O)c(OCCCS(=O)(=O)O)cc1N=Nc1cc(Cl)c(N=Nc2nc3c(S(=O)(=O)O)cc4ccc(S(=O)(=O)O)cc4c3s2)cc1SCCCS(=O)(=O)O.CS(=O)(=O)O.O=S(=O)=O.O=S(=O)=O. The van der Waals surface area contributed by atoms with E-state index in [1.807, 2.05) is 6.92 Å². The summed E-state index contributed by atoms with van der Waals surface area (Å²) in [6.07, 6.45) is 0.995. The van der Waals surface area contributed by atoms with Crippen LogP contribution in [0.4, 0.5) is 33.6 Å². The van der Waals surface area contributed by atoms with Gasteiger partial charge < -0.3 is 20.3 Å². The molecule has 0 unspecified atom stereocenters. The van der Waals surface area contributed by atoms with Crippen molar-refractivity contribution in [2.45, 2.75) is 47.8 Å². The second kappa shape index (κ2) is 31.1. The molecule has 3 heterocycles. The molecular weight excluding hydrogens is 1420 g/mol. The highest BCUT2D eigenvalue weighted by Gasteiger charge is 2.26. The number of aromatic nitrogens is 3. The Morgan fingerprint density at radius 2 is 1.25 bits per heavy atom. The number of rotatable bonds is 22. The van der Waals surface area contributed by atoms with Crippen molar-refractivity contribution in [3.8, 4) is 17.4 Å². The quantitative estimate of drug-likeness (QED) is 0.0146. The van der Waals surface area contributed by atoms with E-state index in [9.17, 15) is 70.2 Å². The Morgan fingerprint density at radius 3 is 1.81 bits per heavy atom. The van der Waals surface area contributed by atoms with Crippen LogP contribution >= 0.6 is 34.7 Å². The van der Waals surface area contributed by atoms with Gasteiger partial charge in [-0.3, -0.25) is 32.0 Å². The van der Waals surface area contributed by atoms with Crippen molar-refractivity contribution in [2.24, 2.45) is 36.4 Å². The van der Waals surface area contributed by atoms with Gasteiger partial charge in [-0.2, -0.15) is 42.1 Å². The van der Waals surface area contributed by atoms with Crippen LogP contribution in [0.15, 0.2) is 118 Å². The Bertz CT molecular complexity index is 5050. The number of carbonyl (C=O) groups excluding carboxylic acids is 1. The molecule has 1 amide bonds. The van der Waals surface area contributed by atoms with E-state index in [1.165, 1.54) is 41.7 Å². The van der Waals surface area contributed by atoms with Crippen LogP contribution in [0.5, 0.6) is 17.4 Å². The number of halogens is 1. The summed E-state index contributed by atoms with van der Waals surface area (Å²) in [5.74, 6) is -2.49. The predicted molar refractivity (Wildman–Crippen MR) is 326 cm³/mol. The molecular formula is C46H45ClN10O25S9. The predicted octanol–water partition coefficient (Wildman–Crippen LogP) is 8.07. The summed E-state index contributed by atoms with van der Waals surface area (Å²) in [7, 11) is -28.2. The molecule has 0 spiro atoms. The highest BCUT2D eigenvalue weighted by atomic mass is 35.5. The Balaban J connectivity index is 0.00000105. The number of thioether (sulfide) groups is 1. The van der Waals surface area contributed by atoms with E-state index in [2.05, 4.69) is 40.7 Å². The van der Waals surface area contributed by atoms with Gasteiger partial charge in [-0.1, -0.05) is 48.1 Å². The average molecular weight is 1460 g/mol. The normalized spacial score (nSPS) is 12.2. The van der Waals surface area contributed by atoms with Gasteiger partial charge in [-0.05, 0) is 85.4 Å². The molecule has 45 heteroatoms. The fourth-order valence-electron chi connectivity index (χ4n) is 7.60. The molecule has 5 aromatic carbocycles. The summed E-state index contributed by atoms with van der Waals surface area (Å²) in [4.78, 5) is 20.7. The van der Waals surface area contributed by atoms with Gasteiger partial charge in [-0.25, -0.2) is 9.97 Å². The highest BCUT2D eigenvalue weighted by molar-refractivity contribution is 7.99. The van der Waals surface area contributed by atoms with Crippen LogP contribution in [0.1, 0.15) is 42.1 Å². The third-order valence-electron chi connectivity index (χ3n) is 11.1. The molecule has 8 aromatic rings. The largest absolute Gasteiger partial charge is 0.493 e. The molecule has 8 N–H and O–H groups in total. The molecule has 8 rings (SSSR count). The Hall–Kier alpha value is -7.70. The van der Waals surface area contributed by atoms with E-state index in [4.69, 9.17) is 56.6 Å². The maximum atomic E-state index is 12.8. The van der Waals surface area contributed by atoms with Crippen molar-refractivity contribution in [3.05, 3.63) is 88.9 Å². The lowest BCUT2D eigenvalue weighted by Gasteiger charge is -2.14. The Morgan fingerprint density at radius 1 is 0.703 bits per heavy atom. The van der Waals surface area contributed by atoms with Crippen molar-refractivity contribution in [1.29, 1.82) is 0 Å². The van der Waals surface area contributed by atoms with Crippen molar-refractivity contribution in [1.82, 2.24) is 14.4 Å². The zero-order chi connectivity index (χ0) is 68.1. The van der Waals surface area contributed by atoms with E-state index in [0.29, 0.717) is 23.7 Å². The molecule has 3 aromatic heterocycles. The molecule has 0 aliphatic carbocycles. The fourth-order valence-corrected chi connectivity index (χ4v) is 12.1. The lowest BCUT2D eigenvalue weighted by Crippen LogP contribution is -2.15. The van der Waals surface area contributed by atoms with Crippen LogP contribution in [0, 0.1) is 6.92 Å². The molecule has 35 nitrogen and oxygen atoms in total. The van der Waals surface area contributed by atoms with Crippen molar-refractivity contribution in [3.63, 3.8) is 0 Å². The molecule has 0 radical (unpaired) electrons. The van der Waals surface area contributed by atoms with Gasteiger partial charge >= 0.3 is 21.2 Å². The summed E-state index contributed by atoms with van der Waals surface area (Å²) in [5.41, 5.74) is 6.40. The molecule has 0 atom stereocenters. The number of nitrogens with two attached hydrogens (primary N) is 1. The van der Waals surface area contributed by atoms with Crippen LogP contribution in [0.25, 0.3) is 37.7 Å². The topological polar surface area (TPSA) is 560 Å². The van der Waals surface area contributed by atoms with Crippen molar-refractivity contribution < 1.29 is 109 Å². The summed E-state index contributed by atoms with van der Waals surface area (Å²) >= 11 is 8.57. The third kappa shape index (κ3) is 22.0. The fraction of sp³-hybridized carbons (Fsp3) is 0.239. The van der Waals surface area contributed by atoms with E-state index >= 15 is 0 Å². The number of thiazole rings is 1. The van der Waals surface area contributed by atoms with E-state index < -0.39 is 105 Å². The third-order valence-corrected chi connectivity index (χ3v) is 16.8. The number of amides is 1. The molecule has 91 heavy (non-hydrogen) atoms. The van der Waals surface area contributed by atoms with E-state index in [0.717, 1.165) is 41.3 Å². The second-order valence-corrected chi connectivity index (χ2v) is 28.6. The molecule has 0 fully saturated rings. The number of aromatic hydroxyl groups is 1. The van der Waals surface area contributed by atoms with Crippen LogP contribution in [-0.2, 0) is 71.8 Å². The summed E-state index contributed by atoms with van der Waals surface area (Å²) in [6, 6.07) is 16.7. The monoisotopic (exact) mass is 1460 g/mol. The number of benzene rings is 5. The van der Waals surface area contributed by atoms with Crippen LogP contribution < -0.4 is 15.2 Å².